The van der Waals surface area contributed by atoms with E-state index in [1.165, 1.54) is 23.8 Å². The van der Waals surface area contributed by atoms with Crippen LogP contribution in [0.25, 0.3) is 0 Å². The van der Waals surface area contributed by atoms with Gasteiger partial charge in [-0.3, -0.25) is 14.4 Å². The van der Waals surface area contributed by atoms with Gasteiger partial charge in [0.25, 0.3) is 0 Å². The molecular formula is C19H25ClN6O4S. The number of likely N-dealkylation sites (tertiary alicyclic amines) is 1. The Balaban J connectivity index is 1.59. The lowest BCUT2D eigenvalue weighted by Gasteiger charge is -2.33. The first-order valence-electron chi connectivity index (χ1n) is 9.68. The van der Waals surface area contributed by atoms with E-state index in [0.717, 1.165) is 31.5 Å². The van der Waals surface area contributed by atoms with Crippen molar-refractivity contribution in [1.82, 2.24) is 14.2 Å². The molecule has 1 saturated heterocycles. The van der Waals surface area contributed by atoms with Crippen molar-refractivity contribution < 1.29 is 13.3 Å². The van der Waals surface area contributed by atoms with Gasteiger partial charge in [0.15, 0.2) is 0 Å². The lowest BCUT2D eigenvalue weighted by atomic mass is 10.0. The van der Waals surface area contributed by atoms with Gasteiger partial charge in [-0.1, -0.05) is 23.8 Å². The van der Waals surface area contributed by atoms with Gasteiger partial charge in [0.2, 0.25) is 15.8 Å². The summed E-state index contributed by atoms with van der Waals surface area (Å²) >= 11 is 6.13. The van der Waals surface area contributed by atoms with Crippen molar-refractivity contribution >= 4 is 38.8 Å². The number of halogens is 1. The first-order chi connectivity index (χ1) is 14.6. The van der Waals surface area contributed by atoms with Gasteiger partial charge in [-0.05, 0) is 30.9 Å². The summed E-state index contributed by atoms with van der Waals surface area (Å²) in [7, 11) is -1.75. The molecule has 1 aromatic heterocycles. The van der Waals surface area contributed by atoms with E-state index >= 15 is 0 Å². The molecular weight excluding hydrogens is 444 g/mol. The molecule has 1 aliphatic carbocycles. The highest BCUT2D eigenvalue weighted by atomic mass is 35.5. The quantitative estimate of drug-likeness (QED) is 0.480. The predicted molar refractivity (Wildman–Crippen MR) is 121 cm³/mol. The molecule has 0 atom stereocenters. The van der Waals surface area contributed by atoms with Crippen molar-refractivity contribution in [3.63, 3.8) is 0 Å². The number of allylic oxidation sites excluding steroid dienone is 4. The van der Waals surface area contributed by atoms with E-state index in [1.807, 2.05) is 12.2 Å². The molecule has 1 aromatic rings. The number of likely N-dealkylation sites (N-methyl/N-ethyl adjacent to an activating group) is 1. The van der Waals surface area contributed by atoms with Gasteiger partial charge in [0, 0.05) is 38.1 Å². The number of nitrogens with one attached hydrogen (secondary N) is 1. The number of nitrogen functional groups attached to an aromatic ring is 1. The summed E-state index contributed by atoms with van der Waals surface area (Å²) in [6.45, 7) is 1.53. The molecule has 0 bridgehead atoms. The average Bonchev–Trinajstić information content (AvgIpc) is 2.71. The van der Waals surface area contributed by atoms with Crippen LogP contribution in [0.5, 0.6) is 0 Å². The maximum atomic E-state index is 11.7. The number of piperidine rings is 1. The summed E-state index contributed by atoms with van der Waals surface area (Å²) in [5, 5.41) is 14.7. The van der Waals surface area contributed by atoms with Crippen molar-refractivity contribution in [2.45, 2.75) is 25.3 Å². The van der Waals surface area contributed by atoms with Crippen molar-refractivity contribution in [1.29, 1.82) is 0 Å². The fraction of sp³-hybridized carbons (Fsp3) is 0.421. The number of pyridine rings is 1. The molecule has 10 nitrogen and oxygen atoms in total. The third-order valence-corrected chi connectivity index (χ3v) is 6.81. The topological polar surface area (TPSA) is 135 Å². The maximum Gasteiger partial charge on any atom is 0.335 e. The highest BCUT2D eigenvalue weighted by Crippen LogP contribution is 2.36. The zero-order chi connectivity index (χ0) is 22.8. The predicted octanol–water partition coefficient (Wildman–Crippen LogP) is 2.72. The molecule has 0 aromatic carbocycles. The highest BCUT2D eigenvalue weighted by molar-refractivity contribution is 7.88. The van der Waals surface area contributed by atoms with Crippen molar-refractivity contribution in [3.05, 3.63) is 57.0 Å². The van der Waals surface area contributed by atoms with Crippen LogP contribution in [0.4, 0.5) is 17.2 Å². The summed E-state index contributed by atoms with van der Waals surface area (Å²) < 4.78 is 24.6. The number of anilines is 2. The summed E-state index contributed by atoms with van der Waals surface area (Å²) in [5.41, 5.74) is 7.30. The molecule has 12 heteroatoms. The zero-order valence-corrected chi connectivity index (χ0v) is 18.9. The molecule has 3 N–H and O–H groups in total. The Morgan fingerprint density at radius 1 is 1.39 bits per heavy atom. The number of aromatic nitrogens is 1. The van der Waals surface area contributed by atoms with Crippen molar-refractivity contribution in [3.8, 4) is 0 Å². The molecule has 1 fully saturated rings. The van der Waals surface area contributed by atoms with Crippen LogP contribution < -0.4 is 11.1 Å². The number of sulfonamides is 1. The Bertz CT molecular complexity index is 1060. The van der Waals surface area contributed by atoms with Crippen LogP contribution in [0.2, 0.25) is 5.02 Å². The first kappa shape index (κ1) is 22.9. The summed E-state index contributed by atoms with van der Waals surface area (Å²) in [5.74, 6) is -0.169. The SMILES string of the molecule is CN(C1=CCC(=CN2CCC(Nc3c(Cl)cnc(N)c3[N+](=O)[O-])CC2)C=C1)S(C)(=O)=O. The average molecular weight is 469 g/mol. The van der Waals surface area contributed by atoms with Crippen LogP contribution >= 0.6 is 11.6 Å². The molecule has 168 valence electrons. The van der Waals surface area contributed by atoms with E-state index < -0.39 is 14.9 Å². The first-order valence-corrected chi connectivity index (χ1v) is 11.9. The van der Waals surface area contributed by atoms with Gasteiger partial charge in [-0.15, -0.1) is 0 Å². The second kappa shape index (κ2) is 9.15. The zero-order valence-electron chi connectivity index (χ0n) is 17.3. The molecule has 0 amide bonds. The molecule has 2 aliphatic rings. The van der Waals surface area contributed by atoms with Crippen LogP contribution in [0.15, 0.2) is 41.9 Å². The van der Waals surface area contributed by atoms with E-state index in [-0.39, 0.29) is 28.3 Å². The molecule has 0 saturated carbocycles. The number of nitro groups is 1. The molecule has 0 radical (unpaired) electrons. The Morgan fingerprint density at radius 2 is 2.06 bits per heavy atom. The van der Waals surface area contributed by atoms with Gasteiger partial charge >= 0.3 is 5.69 Å². The molecule has 0 unspecified atom stereocenters. The van der Waals surface area contributed by atoms with Crippen LogP contribution in [0.1, 0.15) is 19.3 Å². The number of nitrogens with two attached hydrogens (primary N) is 1. The van der Waals surface area contributed by atoms with Crippen LogP contribution in [0, 0.1) is 10.1 Å². The fourth-order valence-corrected chi connectivity index (χ4v) is 4.21. The van der Waals surface area contributed by atoms with E-state index in [1.54, 1.807) is 6.08 Å². The molecule has 1 aliphatic heterocycles. The lowest BCUT2D eigenvalue weighted by Crippen LogP contribution is -2.36. The Morgan fingerprint density at radius 3 is 2.61 bits per heavy atom. The minimum absolute atomic E-state index is 0.0180. The molecule has 31 heavy (non-hydrogen) atoms. The van der Waals surface area contributed by atoms with Gasteiger partial charge in [0.1, 0.15) is 5.69 Å². The van der Waals surface area contributed by atoms with Gasteiger partial charge in [-0.25, -0.2) is 13.4 Å². The van der Waals surface area contributed by atoms with Crippen molar-refractivity contribution in [2.24, 2.45) is 0 Å². The Kier molecular flexibility index (Phi) is 6.75. The molecule has 3 rings (SSSR count). The van der Waals surface area contributed by atoms with Gasteiger partial charge in [0.05, 0.1) is 22.4 Å². The Hall–Kier alpha value is -2.79. The number of hydrogen-bond donors (Lipinski definition) is 2. The summed E-state index contributed by atoms with van der Waals surface area (Å²) in [6.07, 6.45) is 12.3. The second-order valence-electron chi connectivity index (χ2n) is 7.53. The molecule has 0 spiro atoms. The molecule has 2 heterocycles. The van der Waals surface area contributed by atoms with Crippen molar-refractivity contribution in [2.75, 3.05) is 37.4 Å². The normalized spacial score (nSPS) is 18.7. The minimum atomic E-state index is -3.28. The highest BCUT2D eigenvalue weighted by Gasteiger charge is 2.26. The van der Waals surface area contributed by atoms with Gasteiger partial charge < -0.3 is 16.0 Å². The van der Waals surface area contributed by atoms with E-state index in [2.05, 4.69) is 21.4 Å². The number of hydrogen-bond acceptors (Lipinski definition) is 8. The summed E-state index contributed by atoms with van der Waals surface area (Å²) in [6, 6.07) is 0.0180. The summed E-state index contributed by atoms with van der Waals surface area (Å²) in [4.78, 5) is 16.7. The van der Waals surface area contributed by atoms with Crippen LogP contribution in [0.3, 0.4) is 0 Å². The van der Waals surface area contributed by atoms with Crippen LogP contribution in [-0.2, 0) is 10.0 Å². The third kappa shape index (κ3) is 5.47. The van der Waals surface area contributed by atoms with Gasteiger partial charge in [-0.2, -0.15) is 0 Å². The van der Waals surface area contributed by atoms with E-state index in [9.17, 15) is 18.5 Å². The fourth-order valence-electron chi connectivity index (χ4n) is 3.50. The second-order valence-corrected chi connectivity index (χ2v) is 9.95. The largest absolute Gasteiger partial charge is 0.378 e. The number of rotatable bonds is 6. The minimum Gasteiger partial charge on any atom is -0.378 e. The lowest BCUT2D eigenvalue weighted by molar-refractivity contribution is -0.383. The standard InChI is InChI=1S/C19H25ClN6O4S/c1-24(31(2,29)30)15-5-3-13(4-6-15)12-25-9-7-14(8-10-25)23-17-16(20)11-22-19(21)18(17)26(27)28/h3,5-6,11-12,14H,4,7-10H2,1-2H3,(H3,21,22,23). The monoisotopic (exact) mass is 468 g/mol. The number of nitrogens with zero attached hydrogens (tertiary/aromatic N) is 4. The Labute approximate surface area is 186 Å². The maximum absolute atomic E-state index is 11.7. The van der Waals surface area contributed by atoms with E-state index in [0.29, 0.717) is 12.1 Å². The van der Waals surface area contributed by atoms with Crippen LogP contribution in [-0.4, -0.2) is 60.0 Å². The van der Waals surface area contributed by atoms with E-state index in [4.69, 9.17) is 17.3 Å². The smallest absolute Gasteiger partial charge is 0.335 e. The third-order valence-electron chi connectivity index (χ3n) is 5.32.